The van der Waals surface area contributed by atoms with Crippen LogP contribution < -0.4 is 11.1 Å². The Morgan fingerprint density at radius 1 is 1.28 bits per heavy atom. The van der Waals surface area contributed by atoms with E-state index in [0.717, 1.165) is 37.2 Å². The van der Waals surface area contributed by atoms with Crippen molar-refractivity contribution in [2.24, 2.45) is 5.41 Å². The molecule has 1 unspecified atom stereocenters. The van der Waals surface area contributed by atoms with Gasteiger partial charge in [0.05, 0.1) is 11.4 Å². The summed E-state index contributed by atoms with van der Waals surface area (Å²) in [6.45, 7) is 2.97. The highest BCUT2D eigenvalue weighted by molar-refractivity contribution is 5.90. The molecule has 152 valence electrons. The Hall–Kier alpha value is -2.74. The van der Waals surface area contributed by atoms with Gasteiger partial charge in [-0.1, -0.05) is 6.07 Å². The summed E-state index contributed by atoms with van der Waals surface area (Å²) >= 11 is 0. The molecule has 3 heterocycles. The molecule has 8 heteroatoms. The molecular formula is C21H25FN6O. The van der Waals surface area contributed by atoms with Gasteiger partial charge in [-0.3, -0.25) is 0 Å². The van der Waals surface area contributed by atoms with Crippen LogP contribution in [0.2, 0.25) is 0 Å². The normalized spacial score (nSPS) is 23.2. The quantitative estimate of drug-likeness (QED) is 0.833. The van der Waals surface area contributed by atoms with E-state index in [9.17, 15) is 9.18 Å². The summed E-state index contributed by atoms with van der Waals surface area (Å²) in [4.78, 5) is 25.1. The van der Waals surface area contributed by atoms with Crippen molar-refractivity contribution in [3.8, 4) is 0 Å². The minimum atomic E-state index is -0.368. The van der Waals surface area contributed by atoms with Crippen LogP contribution in [0.5, 0.6) is 0 Å². The summed E-state index contributed by atoms with van der Waals surface area (Å²) in [7, 11) is 2.08. The number of nitrogens with one attached hydrogen (secondary N) is 1. The molecule has 3 fully saturated rings. The number of likely N-dealkylation sites (N-methyl/N-ethyl adjacent to an activating group) is 1. The van der Waals surface area contributed by atoms with Crippen LogP contribution in [0.1, 0.15) is 35.9 Å². The smallest absolute Gasteiger partial charge is 0.321 e. The summed E-state index contributed by atoms with van der Waals surface area (Å²) in [5.41, 5.74) is 7.90. The highest BCUT2D eigenvalue weighted by Crippen LogP contribution is 2.48. The van der Waals surface area contributed by atoms with Crippen molar-refractivity contribution in [2.75, 3.05) is 44.3 Å². The maximum absolute atomic E-state index is 14.4. The van der Waals surface area contributed by atoms with Crippen LogP contribution in [0.3, 0.4) is 0 Å². The minimum absolute atomic E-state index is 0.0543. The van der Waals surface area contributed by atoms with E-state index in [1.54, 1.807) is 23.2 Å². The molecule has 5 rings (SSSR count). The molecular weight excluding hydrogens is 371 g/mol. The van der Waals surface area contributed by atoms with Crippen molar-refractivity contribution in [1.82, 2.24) is 19.8 Å². The number of nitrogen functional groups attached to an aromatic ring is 1. The molecule has 2 saturated heterocycles. The zero-order valence-corrected chi connectivity index (χ0v) is 16.4. The number of nitrogens with two attached hydrogens (primary N) is 1. The largest absolute Gasteiger partial charge is 0.368 e. The number of likely N-dealkylation sites (tertiary alicyclic amines) is 2. The van der Waals surface area contributed by atoms with Crippen molar-refractivity contribution >= 4 is 17.7 Å². The molecule has 2 aromatic rings. The van der Waals surface area contributed by atoms with E-state index in [1.165, 1.54) is 0 Å². The second kappa shape index (κ2) is 6.66. The molecule has 2 amide bonds. The van der Waals surface area contributed by atoms with Gasteiger partial charge in [-0.2, -0.15) is 0 Å². The monoisotopic (exact) mass is 396 g/mol. The summed E-state index contributed by atoms with van der Waals surface area (Å²) in [6, 6.07) is 6.78. The van der Waals surface area contributed by atoms with Crippen LogP contribution >= 0.6 is 0 Å². The Morgan fingerprint density at radius 3 is 2.76 bits per heavy atom. The number of carbonyl (C=O) groups is 1. The molecule has 1 aromatic heterocycles. The molecule has 3 N–H and O–H groups in total. The van der Waals surface area contributed by atoms with Crippen LogP contribution in [-0.2, 0) is 0 Å². The second-order valence-electron chi connectivity index (χ2n) is 8.75. The van der Waals surface area contributed by atoms with Crippen molar-refractivity contribution in [2.45, 2.75) is 24.7 Å². The van der Waals surface area contributed by atoms with Crippen molar-refractivity contribution in [3.05, 3.63) is 47.5 Å². The topological polar surface area (TPSA) is 87.4 Å². The molecule has 1 aliphatic carbocycles. The van der Waals surface area contributed by atoms with Crippen LogP contribution in [0.4, 0.5) is 20.8 Å². The molecule has 1 atom stereocenters. The summed E-state index contributed by atoms with van der Waals surface area (Å²) in [6.07, 6.45) is 3.92. The van der Waals surface area contributed by atoms with Crippen molar-refractivity contribution in [3.63, 3.8) is 0 Å². The number of rotatable bonds is 3. The van der Waals surface area contributed by atoms with Crippen LogP contribution in [-0.4, -0.2) is 59.0 Å². The second-order valence-corrected chi connectivity index (χ2v) is 8.75. The summed E-state index contributed by atoms with van der Waals surface area (Å²) in [5.74, 6) is 0.576. The van der Waals surface area contributed by atoms with Gasteiger partial charge in [0.2, 0.25) is 5.95 Å². The van der Waals surface area contributed by atoms with Crippen LogP contribution in [0, 0.1) is 11.2 Å². The Kier molecular flexibility index (Phi) is 4.20. The predicted molar refractivity (Wildman–Crippen MR) is 108 cm³/mol. The van der Waals surface area contributed by atoms with Gasteiger partial charge in [0.1, 0.15) is 5.82 Å². The molecule has 1 aromatic carbocycles. The highest BCUT2D eigenvalue weighted by Gasteiger charge is 2.55. The van der Waals surface area contributed by atoms with E-state index in [2.05, 4.69) is 27.2 Å². The number of aromatic nitrogens is 2. The first-order valence-electron chi connectivity index (χ1n) is 10.1. The average Bonchev–Trinajstić information content (AvgIpc) is 3.44. The number of halogens is 1. The lowest BCUT2D eigenvalue weighted by Crippen LogP contribution is -2.62. The Bertz CT molecular complexity index is 956. The molecule has 29 heavy (non-hydrogen) atoms. The van der Waals surface area contributed by atoms with Gasteiger partial charge in [0.15, 0.2) is 0 Å². The maximum Gasteiger partial charge on any atom is 0.321 e. The third-order valence-corrected chi connectivity index (χ3v) is 6.45. The fourth-order valence-electron chi connectivity index (χ4n) is 4.88. The summed E-state index contributed by atoms with van der Waals surface area (Å²) in [5, 5.41) is 2.73. The predicted octanol–water partition coefficient (Wildman–Crippen LogP) is 2.64. The fourth-order valence-corrected chi connectivity index (χ4v) is 4.88. The highest BCUT2D eigenvalue weighted by atomic mass is 19.1. The molecule has 2 aliphatic heterocycles. The molecule has 1 saturated carbocycles. The van der Waals surface area contributed by atoms with E-state index < -0.39 is 0 Å². The fraction of sp³-hybridized carbons (Fsp3) is 0.476. The Labute approximate surface area is 169 Å². The third kappa shape index (κ3) is 3.31. The first-order valence-corrected chi connectivity index (χ1v) is 10.1. The molecule has 3 aliphatic rings. The lowest BCUT2D eigenvalue weighted by atomic mass is 9.70. The Balaban J connectivity index is 1.27. The van der Waals surface area contributed by atoms with E-state index >= 15 is 0 Å². The number of hydrogen-bond donors (Lipinski definition) is 2. The number of nitrogens with zero attached hydrogens (tertiary/aromatic N) is 4. The van der Waals surface area contributed by atoms with Crippen LogP contribution in [0.15, 0.2) is 30.5 Å². The lowest BCUT2D eigenvalue weighted by Gasteiger charge is -2.50. The summed E-state index contributed by atoms with van der Waals surface area (Å²) < 4.78 is 14.4. The van der Waals surface area contributed by atoms with Gasteiger partial charge < -0.3 is 20.9 Å². The third-order valence-electron chi connectivity index (χ3n) is 6.45. The van der Waals surface area contributed by atoms with E-state index in [-0.39, 0.29) is 34.8 Å². The van der Waals surface area contributed by atoms with Crippen molar-refractivity contribution in [1.29, 1.82) is 0 Å². The molecule has 7 nitrogen and oxygen atoms in total. The number of carbonyl (C=O) groups excluding carboxylic acids is 1. The standard InChI is InChI=1S/C21H25FN6O/c1-27-9-15(17-6-7-24-19(23)25-17)21(10-27)11-28(12-21)20(29)26-18-5-4-14(8-16(18)22)13-2-3-13/h4-8,13,15H,2-3,9-12H2,1H3,(H,26,29)(H2,23,24,25). The van der Waals surface area contributed by atoms with Gasteiger partial charge in [-0.25, -0.2) is 19.2 Å². The van der Waals surface area contributed by atoms with Crippen molar-refractivity contribution < 1.29 is 9.18 Å². The van der Waals surface area contributed by atoms with Gasteiger partial charge in [0, 0.05) is 43.7 Å². The lowest BCUT2D eigenvalue weighted by molar-refractivity contribution is 0.0331. The zero-order valence-electron chi connectivity index (χ0n) is 16.4. The Morgan fingerprint density at radius 2 is 2.07 bits per heavy atom. The van der Waals surface area contributed by atoms with E-state index in [1.807, 2.05) is 12.1 Å². The molecule has 0 radical (unpaired) electrons. The van der Waals surface area contributed by atoms with Gasteiger partial charge >= 0.3 is 6.03 Å². The number of anilines is 2. The number of benzene rings is 1. The first kappa shape index (κ1) is 18.3. The minimum Gasteiger partial charge on any atom is -0.368 e. The van der Waals surface area contributed by atoms with Crippen LogP contribution in [0.25, 0.3) is 0 Å². The SMILES string of the molecule is CN1CC(c2ccnc(N)n2)C2(C1)CN(C(=O)Nc1ccc(C3CC3)cc1F)C2. The molecule has 0 bridgehead atoms. The number of amides is 2. The van der Waals surface area contributed by atoms with Gasteiger partial charge in [-0.05, 0) is 49.6 Å². The average molecular weight is 396 g/mol. The zero-order chi connectivity index (χ0) is 20.2. The number of hydrogen-bond acceptors (Lipinski definition) is 5. The number of urea groups is 1. The van der Waals surface area contributed by atoms with Gasteiger partial charge in [0.25, 0.3) is 0 Å². The molecule has 1 spiro atoms. The van der Waals surface area contributed by atoms with E-state index in [0.29, 0.717) is 19.0 Å². The van der Waals surface area contributed by atoms with E-state index in [4.69, 9.17) is 5.73 Å². The van der Waals surface area contributed by atoms with Gasteiger partial charge in [-0.15, -0.1) is 0 Å². The maximum atomic E-state index is 14.4. The first-order chi connectivity index (χ1) is 13.9.